The molecule has 1 aliphatic rings. The van der Waals surface area contributed by atoms with Gasteiger partial charge in [-0.25, -0.2) is 0 Å². The Hall–Kier alpha value is -2.80. The largest absolute Gasteiger partial charge is 0.497 e. The fourth-order valence-corrected chi connectivity index (χ4v) is 3.85. The molecule has 2 amide bonds. The van der Waals surface area contributed by atoms with Gasteiger partial charge in [-0.3, -0.25) is 9.59 Å². The number of hydrogen-bond acceptors (Lipinski definition) is 5. The van der Waals surface area contributed by atoms with E-state index >= 15 is 0 Å². The SMILES string of the molecule is COc1cccc(CO[C@@H]2CN(CC(C)C)C(=O)CN(C(=O)c3cc(C)oc3C)C2)c1. The average Bonchev–Trinajstić information content (AvgIpc) is 2.99. The molecule has 1 atom stereocenters. The lowest BCUT2D eigenvalue weighted by Crippen LogP contribution is -2.40. The third-order valence-corrected chi connectivity index (χ3v) is 5.29. The maximum Gasteiger partial charge on any atom is 0.257 e. The highest BCUT2D eigenvalue weighted by atomic mass is 16.5. The second-order valence-electron chi connectivity index (χ2n) is 8.49. The zero-order chi connectivity index (χ0) is 22.5. The summed E-state index contributed by atoms with van der Waals surface area (Å²) in [5.74, 6) is 2.06. The lowest BCUT2D eigenvalue weighted by molar-refractivity contribution is -0.132. The Morgan fingerprint density at radius 1 is 1.23 bits per heavy atom. The topological polar surface area (TPSA) is 72.2 Å². The molecule has 0 N–H and O–H groups in total. The summed E-state index contributed by atoms with van der Waals surface area (Å²) in [5.41, 5.74) is 1.47. The first-order valence-electron chi connectivity index (χ1n) is 10.7. The fraction of sp³-hybridized carbons (Fsp3) is 0.500. The quantitative estimate of drug-likeness (QED) is 0.676. The normalized spacial score (nSPS) is 17.2. The molecular weight excluding hydrogens is 396 g/mol. The Bertz CT molecular complexity index is 920. The van der Waals surface area contributed by atoms with E-state index in [0.717, 1.165) is 11.3 Å². The second kappa shape index (κ2) is 10.0. The number of ether oxygens (including phenoxy) is 2. The molecule has 0 bridgehead atoms. The number of benzene rings is 1. The molecule has 168 valence electrons. The fourth-order valence-electron chi connectivity index (χ4n) is 3.85. The monoisotopic (exact) mass is 428 g/mol. The number of hydrogen-bond donors (Lipinski definition) is 0. The van der Waals surface area contributed by atoms with Crippen molar-refractivity contribution in [1.82, 2.24) is 9.80 Å². The molecule has 31 heavy (non-hydrogen) atoms. The van der Waals surface area contributed by atoms with Gasteiger partial charge in [0.1, 0.15) is 23.8 Å². The van der Waals surface area contributed by atoms with E-state index in [4.69, 9.17) is 13.9 Å². The van der Waals surface area contributed by atoms with Crippen molar-refractivity contribution in [2.24, 2.45) is 5.92 Å². The molecule has 0 spiro atoms. The highest BCUT2D eigenvalue weighted by Crippen LogP contribution is 2.20. The van der Waals surface area contributed by atoms with Gasteiger partial charge in [-0.05, 0) is 43.5 Å². The van der Waals surface area contributed by atoms with Crippen LogP contribution in [0.1, 0.15) is 41.3 Å². The van der Waals surface area contributed by atoms with Crippen LogP contribution in [0.4, 0.5) is 0 Å². The minimum Gasteiger partial charge on any atom is -0.497 e. The Morgan fingerprint density at radius 2 is 2.00 bits per heavy atom. The summed E-state index contributed by atoms with van der Waals surface area (Å²) in [6, 6.07) is 9.42. The molecule has 1 aromatic carbocycles. The maximum atomic E-state index is 13.2. The van der Waals surface area contributed by atoms with Crippen LogP contribution in [0.25, 0.3) is 0 Å². The predicted octanol–water partition coefficient (Wildman–Crippen LogP) is 3.43. The van der Waals surface area contributed by atoms with Crippen LogP contribution in [-0.4, -0.2) is 61.0 Å². The summed E-state index contributed by atoms with van der Waals surface area (Å²) in [6.45, 7) is 9.55. The van der Waals surface area contributed by atoms with Crippen LogP contribution in [0.3, 0.4) is 0 Å². The van der Waals surface area contributed by atoms with Crippen molar-refractivity contribution in [3.8, 4) is 5.75 Å². The number of carbonyl (C=O) groups excluding carboxylic acids is 2. The Morgan fingerprint density at radius 3 is 2.65 bits per heavy atom. The zero-order valence-corrected chi connectivity index (χ0v) is 19.0. The molecule has 2 aromatic rings. The van der Waals surface area contributed by atoms with Crippen LogP contribution in [0.15, 0.2) is 34.7 Å². The Labute approximate surface area is 183 Å². The van der Waals surface area contributed by atoms with E-state index in [-0.39, 0.29) is 24.5 Å². The minimum atomic E-state index is -0.298. The number of amides is 2. The van der Waals surface area contributed by atoms with Crippen LogP contribution in [-0.2, 0) is 16.1 Å². The summed E-state index contributed by atoms with van der Waals surface area (Å²) in [4.78, 5) is 29.5. The first kappa shape index (κ1) is 22.9. The molecule has 1 aromatic heterocycles. The summed E-state index contributed by atoms with van der Waals surface area (Å²) in [5, 5.41) is 0. The highest BCUT2D eigenvalue weighted by molar-refractivity contribution is 5.97. The van der Waals surface area contributed by atoms with Gasteiger partial charge >= 0.3 is 0 Å². The summed E-state index contributed by atoms with van der Waals surface area (Å²) >= 11 is 0. The van der Waals surface area contributed by atoms with Crippen molar-refractivity contribution in [1.29, 1.82) is 0 Å². The number of methoxy groups -OCH3 is 1. The molecule has 2 heterocycles. The third-order valence-electron chi connectivity index (χ3n) is 5.29. The van der Waals surface area contributed by atoms with E-state index in [1.54, 1.807) is 25.0 Å². The van der Waals surface area contributed by atoms with Crippen LogP contribution in [0.5, 0.6) is 5.75 Å². The van der Waals surface area contributed by atoms with Crippen LogP contribution in [0, 0.1) is 19.8 Å². The number of furan rings is 1. The number of aryl methyl sites for hydroxylation is 2. The molecule has 1 fully saturated rings. The summed E-state index contributed by atoms with van der Waals surface area (Å²) in [6.07, 6.45) is -0.298. The predicted molar refractivity (Wildman–Crippen MR) is 117 cm³/mol. The maximum absolute atomic E-state index is 13.2. The zero-order valence-electron chi connectivity index (χ0n) is 19.0. The molecule has 3 rings (SSSR count). The number of nitrogens with zero attached hydrogens (tertiary/aromatic N) is 2. The van der Waals surface area contributed by atoms with Crippen molar-refractivity contribution in [3.63, 3.8) is 0 Å². The van der Waals surface area contributed by atoms with Crippen LogP contribution < -0.4 is 4.74 Å². The Kier molecular flexibility index (Phi) is 7.38. The lowest BCUT2D eigenvalue weighted by atomic mass is 10.2. The van der Waals surface area contributed by atoms with Crippen molar-refractivity contribution in [2.45, 2.75) is 40.4 Å². The van der Waals surface area contributed by atoms with Gasteiger partial charge < -0.3 is 23.7 Å². The lowest BCUT2D eigenvalue weighted by Gasteiger charge is -2.26. The van der Waals surface area contributed by atoms with Crippen molar-refractivity contribution >= 4 is 11.8 Å². The Balaban J connectivity index is 1.78. The van der Waals surface area contributed by atoms with Gasteiger partial charge in [-0.1, -0.05) is 26.0 Å². The molecule has 0 saturated carbocycles. The van der Waals surface area contributed by atoms with Gasteiger partial charge in [0, 0.05) is 19.6 Å². The van der Waals surface area contributed by atoms with Crippen LogP contribution >= 0.6 is 0 Å². The van der Waals surface area contributed by atoms with Gasteiger partial charge in [0.15, 0.2) is 0 Å². The van der Waals surface area contributed by atoms with E-state index in [2.05, 4.69) is 13.8 Å². The first-order chi connectivity index (χ1) is 14.8. The molecule has 1 aliphatic heterocycles. The summed E-state index contributed by atoms with van der Waals surface area (Å²) < 4.78 is 17.0. The molecule has 0 radical (unpaired) electrons. The van der Waals surface area contributed by atoms with Gasteiger partial charge in [-0.15, -0.1) is 0 Å². The standard InChI is InChI=1S/C24H32N2O5/c1-16(2)11-25-12-21(30-15-19-7-6-8-20(10-19)29-5)13-26(14-23(25)27)24(28)22-9-17(3)31-18(22)4/h6-10,16,21H,11-15H2,1-5H3/t21-/m1/s1. The van der Waals surface area contributed by atoms with E-state index in [1.165, 1.54) is 0 Å². The molecule has 7 nitrogen and oxygen atoms in total. The molecule has 1 saturated heterocycles. The van der Waals surface area contributed by atoms with Gasteiger partial charge in [0.05, 0.1) is 25.4 Å². The molecule has 0 aliphatic carbocycles. The van der Waals surface area contributed by atoms with E-state index < -0.39 is 0 Å². The smallest absolute Gasteiger partial charge is 0.257 e. The van der Waals surface area contributed by atoms with Crippen molar-refractivity contribution < 1.29 is 23.5 Å². The van der Waals surface area contributed by atoms with Gasteiger partial charge in [-0.2, -0.15) is 0 Å². The van der Waals surface area contributed by atoms with E-state index in [1.807, 2.05) is 36.1 Å². The minimum absolute atomic E-state index is 0.0360. The third kappa shape index (κ3) is 5.88. The van der Waals surface area contributed by atoms with Crippen molar-refractivity contribution in [2.75, 3.05) is 33.3 Å². The average molecular weight is 429 g/mol. The van der Waals surface area contributed by atoms with Gasteiger partial charge in [0.25, 0.3) is 5.91 Å². The second-order valence-corrected chi connectivity index (χ2v) is 8.49. The van der Waals surface area contributed by atoms with Gasteiger partial charge in [0.2, 0.25) is 5.91 Å². The van der Waals surface area contributed by atoms with Crippen LogP contribution in [0.2, 0.25) is 0 Å². The van der Waals surface area contributed by atoms with E-state index in [0.29, 0.717) is 49.2 Å². The van der Waals surface area contributed by atoms with Crippen molar-refractivity contribution in [3.05, 3.63) is 53.0 Å². The first-order valence-corrected chi connectivity index (χ1v) is 10.7. The molecular formula is C24H32N2O5. The molecule has 7 heteroatoms. The number of carbonyl (C=O) groups is 2. The molecule has 0 unspecified atom stereocenters. The van der Waals surface area contributed by atoms with E-state index in [9.17, 15) is 9.59 Å². The highest BCUT2D eigenvalue weighted by Gasteiger charge is 2.32. The summed E-state index contributed by atoms with van der Waals surface area (Å²) in [7, 11) is 1.63. The number of rotatable bonds is 7.